The molecule has 0 radical (unpaired) electrons. The van der Waals surface area contributed by atoms with E-state index >= 15 is 0 Å². The predicted octanol–water partition coefficient (Wildman–Crippen LogP) is 2.69. The Kier molecular flexibility index (Phi) is 6.42. The first kappa shape index (κ1) is 17.5. The molecule has 3 heteroatoms. The molecule has 0 amide bonds. The lowest BCUT2D eigenvalue weighted by Gasteiger charge is -2.28. The maximum absolute atomic E-state index is 9.56. The van der Waals surface area contributed by atoms with Crippen molar-refractivity contribution in [2.45, 2.75) is 52.2 Å². The number of nitrogens with zero attached hydrogens (tertiary/aromatic N) is 1. The fourth-order valence-electron chi connectivity index (χ4n) is 3.43. The van der Waals surface area contributed by atoms with Gasteiger partial charge >= 0.3 is 0 Å². The van der Waals surface area contributed by atoms with Crippen LogP contribution in [0.1, 0.15) is 39.2 Å². The average Bonchev–Trinajstić information content (AvgIpc) is 2.91. The molecule has 2 rings (SSSR count). The summed E-state index contributed by atoms with van der Waals surface area (Å²) in [5.41, 5.74) is 1.59. The van der Waals surface area contributed by atoms with Crippen molar-refractivity contribution in [3.05, 3.63) is 35.9 Å². The molecular weight excluding hydrogens is 272 g/mol. The van der Waals surface area contributed by atoms with Crippen LogP contribution in [-0.2, 0) is 6.42 Å². The Morgan fingerprint density at radius 1 is 1.32 bits per heavy atom. The third-order valence-electron chi connectivity index (χ3n) is 4.55. The minimum Gasteiger partial charge on any atom is -0.393 e. The van der Waals surface area contributed by atoms with Gasteiger partial charge < -0.3 is 15.3 Å². The zero-order valence-corrected chi connectivity index (χ0v) is 14.4. The molecule has 1 aromatic rings. The van der Waals surface area contributed by atoms with Crippen LogP contribution in [0.3, 0.4) is 0 Å². The third-order valence-corrected chi connectivity index (χ3v) is 4.55. The number of nitrogens with one attached hydrogen (secondary N) is 1. The Hall–Kier alpha value is -0.900. The van der Waals surface area contributed by atoms with Crippen LogP contribution in [0.2, 0.25) is 0 Å². The van der Waals surface area contributed by atoms with Crippen LogP contribution in [0.4, 0.5) is 0 Å². The lowest BCUT2D eigenvalue weighted by molar-refractivity contribution is 0.126. The van der Waals surface area contributed by atoms with Crippen molar-refractivity contribution in [1.29, 1.82) is 0 Å². The molecule has 0 bridgehead atoms. The van der Waals surface area contributed by atoms with E-state index in [9.17, 15) is 5.11 Å². The van der Waals surface area contributed by atoms with E-state index in [1.54, 1.807) is 0 Å². The highest BCUT2D eigenvalue weighted by atomic mass is 16.3. The summed E-state index contributed by atoms with van der Waals surface area (Å²) >= 11 is 0. The number of rotatable bonds is 8. The Balaban J connectivity index is 1.67. The maximum Gasteiger partial charge on any atom is 0.0517 e. The van der Waals surface area contributed by atoms with Gasteiger partial charge in [0.2, 0.25) is 0 Å². The van der Waals surface area contributed by atoms with Gasteiger partial charge in [-0.25, -0.2) is 0 Å². The molecule has 0 aromatic heterocycles. The zero-order chi connectivity index (χ0) is 16.0. The molecule has 1 aliphatic heterocycles. The normalized spacial score (nSPS) is 21.2. The lowest BCUT2D eigenvalue weighted by Crippen LogP contribution is -2.40. The summed E-state index contributed by atoms with van der Waals surface area (Å²) < 4.78 is 0. The monoisotopic (exact) mass is 304 g/mol. The summed E-state index contributed by atoms with van der Waals surface area (Å²) in [6.07, 6.45) is 3.01. The average molecular weight is 304 g/mol. The van der Waals surface area contributed by atoms with Crippen LogP contribution in [-0.4, -0.2) is 48.3 Å². The SMILES string of the molecule is CC(O)CC(C)(C)CNC1CCN(CCc2ccccc2)C1. The second-order valence-electron chi connectivity index (χ2n) is 7.62. The number of likely N-dealkylation sites (tertiary alicyclic amines) is 1. The van der Waals surface area contributed by atoms with Gasteiger partial charge in [0, 0.05) is 25.7 Å². The second-order valence-corrected chi connectivity index (χ2v) is 7.62. The molecule has 3 nitrogen and oxygen atoms in total. The minimum absolute atomic E-state index is 0.158. The van der Waals surface area contributed by atoms with Crippen LogP contribution in [0.5, 0.6) is 0 Å². The van der Waals surface area contributed by atoms with Crippen molar-refractivity contribution < 1.29 is 5.11 Å². The number of benzene rings is 1. The molecule has 0 aliphatic carbocycles. The van der Waals surface area contributed by atoms with Gasteiger partial charge in [0.25, 0.3) is 0 Å². The molecule has 2 unspecified atom stereocenters. The smallest absolute Gasteiger partial charge is 0.0517 e. The molecule has 1 saturated heterocycles. The van der Waals surface area contributed by atoms with Crippen LogP contribution >= 0.6 is 0 Å². The molecule has 22 heavy (non-hydrogen) atoms. The quantitative estimate of drug-likeness (QED) is 0.775. The maximum atomic E-state index is 9.56. The lowest BCUT2D eigenvalue weighted by atomic mass is 9.86. The standard InChI is InChI=1S/C19H32N2O/c1-16(22)13-19(2,3)15-20-18-10-12-21(14-18)11-9-17-7-5-4-6-8-17/h4-8,16,18,20,22H,9-15H2,1-3H3. The van der Waals surface area contributed by atoms with Crippen LogP contribution in [0.15, 0.2) is 30.3 Å². The third kappa shape index (κ3) is 6.07. The molecule has 1 aromatic carbocycles. The Bertz CT molecular complexity index is 430. The van der Waals surface area contributed by atoms with Crippen LogP contribution in [0.25, 0.3) is 0 Å². The molecule has 1 heterocycles. The molecule has 0 spiro atoms. The largest absolute Gasteiger partial charge is 0.393 e. The van der Waals surface area contributed by atoms with Crippen molar-refractivity contribution >= 4 is 0 Å². The minimum atomic E-state index is -0.220. The van der Waals surface area contributed by atoms with E-state index in [4.69, 9.17) is 0 Å². The van der Waals surface area contributed by atoms with Gasteiger partial charge in [-0.2, -0.15) is 0 Å². The van der Waals surface area contributed by atoms with Gasteiger partial charge in [-0.05, 0) is 43.7 Å². The summed E-state index contributed by atoms with van der Waals surface area (Å²) in [6.45, 7) is 10.8. The van der Waals surface area contributed by atoms with E-state index in [0.29, 0.717) is 6.04 Å². The Morgan fingerprint density at radius 3 is 2.73 bits per heavy atom. The van der Waals surface area contributed by atoms with Gasteiger partial charge in [0.15, 0.2) is 0 Å². The van der Waals surface area contributed by atoms with E-state index in [1.807, 2.05) is 6.92 Å². The van der Waals surface area contributed by atoms with E-state index in [1.165, 1.54) is 18.5 Å². The first-order chi connectivity index (χ1) is 10.4. The fourth-order valence-corrected chi connectivity index (χ4v) is 3.43. The molecule has 1 aliphatic rings. The molecule has 1 fully saturated rings. The predicted molar refractivity (Wildman–Crippen MR) is 93.1 cm³/mol. The highest BCUT2D eigenvalue weighted by Gasteiger charge is 2.25. The van der Waals surface area contributed by atoms with Gasteiger partial charge in [0.05, 0.1) is 6.10 Å². The molecule has 124 valence electrons. The zero-order valence-electron chi connectivity index (χ0n) is 14.4. The van der Waals surface area contributed by atoms with Gasteiger partial charge in [-0.15, -0.1) is 0 Å². The first-order valence-electron chi connectivity index (χ1n) is 8.62. The highest BCUT2D eigenvalue weighted by Crippen LogP contribution is 2.22. The molecule has 2 atom stereocenters. The number of hydrogen-bond donors (Lipinski definition) is 2. The van der Waals surface area contributed by atoms with Crippen molar-refractivity contribution in [3.63, 3.8) is 0 Å². The summed E-state index contributed by atoms with van der Waals surface area (Å²) in [5, 5.41) is 13.3. The summed E-state index contributed by atoms with van der Waals surface area (Å²) in [4.78, 5) is 2.56. The first-order valence-corrected chi connectivity index (χ1v) is 8.62. The summed E-state index contributed by atoms with van der Waals surface area (Å²) in [5.74, 6) is 0. The van der Waals surface area contributed by atoms with E-state index < -0.39 is 0 Å². The van der Waals surface area contributed by atoms with Crippen LogP contribution < -0.4 is 5.32 Å². The topological polar surface area (TPSA) is 35.5 Å². The summed E-state index contributed by atoms with van der Waals surface area (Å²) in [6, 6.07) is 11.3. The van der Waals surface area contributed by atoms with Crippen molar-refractivity contribution in [2.75, 3.05) is 26.2 Å². The fraction of sp³-hybridized carbons (Fsp3) is 0.684. The second kappa shape index (κ2) is 8.09. The number of hydrogen-bond acceptors (Lipinski definition) is 3. The van der Waals surface area contributed by atoms with Gasteiger partial charge in [-0.3, -0.25) is 0 Å². The Morgan fingerprint density at radius 2 is 2.05 bits per heavy atom. The molecule has 0 saturated carbocycles. The highest BCUT2D eigenvalue weighted by molar-refractivity contribution is 5.14. The number of aliphatic hydroxyl groups is 1. The van der Waals surface area contributed by atoms with E-state index in [2.05, 4.69) is 54.4 Å². The van der Waals surface area contributed by atoms with Crippen molar-refractivity contribution in [1.82, 2.24) is 10.2 Å². The van der Waals surface area contributed by atoms with Crippen molar-refractivity contribution in [2.24, 2.45) is 5.41 Å². The van der Waals surface area contributed by atoms with Crippen molar-refractivity contribution in [3.8, 4) is 0 Å². The van der Waals surface area contributed by atoms with Gasteiger partial charge in [-0.1, -0.05) is 44.2 Å². The molecule has 2 N–H and O–H groups in total. The van der Waals surface area contributed by atoms with E-state index in [-0.39, 0.29) is 11.5 Å². The summed E-state index contributed by atoms with van der Waals surface area (Å²) in [7, 11) is 0. The Labute approximate surface area is 135 Å². The van der Waals surface area contributed by atoms with E-state index in [0.717, 1.165) is 32.5 Å². The van der Waals surface area contributed by atoms with Crippen LogP contribution in [0, 0.1) is 5.41 Å². The molecular formula is C19H32N2O. The van der Waals surface area contributed by atoms with Gasteiger partial charge in [0.1, 0.15) is 0 Å². The number of aliphatic hydroxyl groups excluding tert-OH is 1.